The van der Waals surface area contributed by atoms with Gasteiger partial charge < -0.3 is 13.9 Å². The van der Waals surface area contributed by atoms with E-state index in [0.717, 1.165) is 12.1 Å². The van der Waals surface area contributed by atoms with Gasteiger partial charge in [0, 0.05) is 24.6 Å². The van der Waals surface area contributed by atoms with Crippen LogP contribution in [0.25, 0.3) is 11.4 Å². The highest BCUT2D eigenvalue weighted by atomic mass is 19.2. The molecule has 1 aliphatic heterocycles. The van der Waals surface area contributed by atoms with Crippen molar-refractivity contribution in [3.05, 3.63) is 47.4 Å². The van der Waals surface area contributed by atoms with Crippen LogP contribution in [-0.4, -0.2) is 44.2 Å². The van der Waals surface area contributed by atoms with Gasteiger partial charge in [0.15, 0.2) is 17.5 Å². The summed E-state index contributed by atoms with van der Waals surface area (Å²) in [6, 6.07) is 3.45. The number of hydrogen-bond acceptors (Lipinski definition) is 7. The molecule has 146 valence electrons. The van der Waals surface area contributed by atoms with Crippen molar-refractivity contribution in [3.63, 3.8) is 0 Å². The van der Waals surface area contributed by atoms with Crippen molar-refractivity contribution < 1.29 is 22.6 Å². The zero-order valence-electron chi connectivity index (χ0n) is 15.1. The molecule has 1 aliphatic rings. The highest BCUT2D eigenvalue weighted by Crippen LogP contribution is 2.29. The third-order valence-electron chi connectivity index (χ3n) is 4.69. The van der Waals surface area contributed by atoms with Gasteiger partial charge in [0.1, 0.15) is 6.42 Å². The molecule has 1 fully saturated rings. The van der Waals surface area contributed by atoms with E-state index in [-0.39, 0.29) is 24.1 Å². The number of aryl methyl sites for hydroxylation is 1. The van der Waals surface area contributed by atoms with Crippen molar-refractivity contribution in [2.24, 2.45) is 0 Å². The van der Waals surface area contributed by atoms with Gasteiger partial charge >= 0.3 is 0 Å². The molecule has 3 aromatic rings. The van der Waals surface area contributed by atoms with Crippen molar-refractivity contribution in [1.82, 2.24) is 25.2 Å². The SMILES string of the molecule is Cc1noc(CC(=O)N2CCC(c3nc(-c4ccc(F)c(F)c4)no3)CC2)n1. The Morgan fingerprint density at radius 2 is 1.93 bits per heavy atom. The normalized spacial score (nSPS) is 15.2. The van der Waals surface area contributed by atoms with E-state index < -0.39 is 11.6 Å². The van der Waals surface area contributed by atoms with Gasteiger partial charge in [-0.2, -0.15) is 9.97 Å². The summed E-state index contributed by atoms with van der Waals surface area (Å²) >= 11 is 0. The molecule has 0 N–H and O–H groups in total. The Labute approximate surface area is 158 Å². The number of amides is 1. The summed E-state index contributed by atoms with van der Waals surface area (Å²) in [4.78, 5) is 22.4. The van der Waals surface area contributed by atoms with E-state index in [1.165, 1.54) is 6.07 Å². The standard InChI is InChI=1S/C18H17F2N5O3/c1-10-21-15(27-23-10)9-16(26)25-6-4-11(5-7-25)18-22-17(24-28-18)12-2-3-13(19)14(20)8-12/h2-3,8,11H,4-7,9H2,1H3. The van der Waals surface area contributed by atoms with E-state index in [4.69, 9.17) is 9.05 Å². The van der Waals surface area contributed by atoms with Crippen LogP contribution in [0, 0.1) is 18.6 Å². The van der Waals surface area contributed by atoms with Crippen molar-refractivity contribution in [2.75, 3.05) is 13.1 Å². The Morgan fingerprint density at radius 1 is 1.14 bits per heavy atom. The van der Waals surface area contributed by atoms with Crippen LogP contribution < -0.4 is 0 Å². The Hall–Kier alpha value is -3.17. The molecule has 28 heavy (non-hydrogen) atoms. The van der Waals surface area contributed by atoms with Crippen molar-refractivity contribution in [2.45, 2.75) is 32.1 Å². The smallest absolute Gasteiger partial charge is 0.236 e. The van der Waals surface area contributed by atoms with Gasteiger partial charge in [-0.1, -0.05) is 10.3 Å². The molecular weight excluding hydrogens is 372 g/mol. The lowest BCUT2D eigenvalue weighted by Gasteiger charge is -2.30. The Balaban J connectivity index is 1.37. The summed E-state index contributed by atoms with van der Waals surface area (Å²) < 4.78 is 36.7. The van der Waals surface area contributed by atoms with Crippen LogP contribution in [0.3, 0.4) is 0 Å². The Morgan fingerprint density at radius 3 is 2.61 bits per heavy atom. The van der Waals surface area contributed by atoms with Crippen LogP contribution in [0.2, 0.25) is 0 Å². The summed E-state index contributed by atoms with van der Waals surface area (Å²) in [7, 11) is 0. The molecule has 8 nitrogen and oxygen atoms in total. The maximum absolute atomic E-state index is 13.4. The van der Waals surface area contributed by atoms with E-state index in [2.05, 4.69) is 20.3 Å². The topological polar surface area (TPSA) is 98.2 Å². The van der Waals surface area contributed by atoms with Gasteiger partial charge in [-0.25, -0.2) is 8.78 Å². The minimum absolute atomic E-state index is 0.00115. The number of nitrogens with zero attached hydrogens (tertiary/aromatic N) is 5. The first-order valence-corrected chi connectivity index (χ1v) is 8.85. The highest BCUT2D eigenvalue weighted by molar-refractivity contribution is 5.77. The van der Waals surface area contributed by atoms with Crippen LogP contribution >= 0.6 is 0 Å². The first-order chi connectivity index (χ1) is 13.5. The molecule has 10 heteroatoms. The fourth-order valence-corrected chi connectivity index (χ4v) is 3.18. The molecule has 0 spiro atoms. The van der Waals surface area contributed by atoms with Gasteiger partial charge in [0.2, 0.25) is 23.5 Å². The second-order valence-electron chi connectivity index (χ2n) is 6.65. The van der Waals surface area contributed by atoms with E-state index in [0.29, 0.717) is 49.1 Å². The number of benzene rings is 1. The number of rotatable bonds is 4. The monoisotopic (exact) mass is 389 g/mol. The van der Waals surface area contributed by atoms with E-state index in [1.54, 1.807) is 11.8 Å². The summed E-state index contributed by atoms with van der Waals surface area (Å²) in [5.74, 6) is -0.533. The van der Waals surface area contributed by atoms with Gasteiger partial charge in [-0.3, -0.25) is 4.79 Å². The van der Waals surface area contributed by atoms with E-state index in [1.807, 2.05) is 0 Å². The minimum atomic E-state index is -0.966. The predicted octanol–water partition coefficient (Wildman–Crippen LogP) is 2.65. The molecule has 3 heterocycles. The average Bonchev–Trinajstić information content (AvgIpc) is 3.33. The molecule has 0 bridgehead atoms. The van der Waals surface area contributed by atoms with Crippen molar-refractivity contribution in [1.29, 1.82) is 0 Å². The van der Waals surface area contributed by atoms with Crippen LogP contribution in [0.4, 0.5) is 8.78 Å². The molecule has 2 aromatic heterocycles. The van der Waals surface area contributed by atoms with E-state index >= 15 is 0 Å². The molecule has 0 saturated carbocycles. The molecular formula is C18H17F2N5O3. The molecule has 1 amide bonds. The summed E-state index contributed by atoms with van der Waals surface area (Å²) in [5, 5.41) is 7.54. The molecule has 1 saturated heterocycles. The highest BCUT2D eigenvalue weighted by Gasteiger charge is 2.28. The zero-order valence-corrected chi connectivity index (χ0v) is 15.1. The number of carbonyl (C=O) groups is 1. The van der Waals surface area contributed by atoms with Gasteiger partial charge in [-0.15, -0.1) is 0 Å². The largest absolute Gasteiger partial charge is 0.342 e. The van der Waals surface area contributed by atoms with Crippen LogP contribution in [0.5, 0.6) is 0 Å². The third kappa shape index (κ3) is 3.75. The lowest BCUT2D eigenvalue weighted by molar-refractivity contribution is -0.132. The third-order valence-corrected chi connectivity index (χ3v) is 4.69. The number of hydrogen-bond donors (Lipinski definition) is 0. The maximum atomic E-state index is 13.4. The molecule has 4 rings (SSSR count). The van der Waals surface area contributed by atoms with Gasteiger partial charge in [-0.05, 0) is 38.0 Å². The number of piperidine rings is 1. The summed E-state index contributed by atoms with van der Waals surface area (Å²) in [6.45, 7) is 2.78. The lowest BCUT2D eigenvalue weighted by atomic mass is 9.96. The first kappa shape index (κ1) is 18.2. The lowest BCUT2D eigenvalue weighted by Crippen LogP contribution is -2.38. The molecule has 0 radical (unpaired) electrons. The second-order valence-corrected chi connectivity index (χ2v) is 6.65. The van der Waals surface area contributed by atoms with Gasteiger partial charge in [0.25, 0.3) is 0 Å². The summed E-state index contributed by atoms with van der Waals surface area (Å²) in [6.07, 6.45) is 1.40. The summed E-state index contributed by atoms with van der Waals surface area (Å²) in [5.41, 5.74) is 0.344. The Kier molecular flexibility index (Phi) is 4.84. The van der Waals surface area contributed by atoms with Crippen molar-refractivity contribution >= 4 is 5.91 Å². The number of halogens is 2. The zero-order chi connectivity index (χ0) is 19.7. The number of likely N-dealkylation sites (tertiary alicyclic amines) is 1. The fourth-order valence-electron chi connectivity index (χ4n) is 3.18. The number of aromatic nitrogens is 4. The number of carbonyl (C=O) groups excluding carboxylic acids is 1. The van der Waals surface area contributed by atoms with Crippen LogP contribution in [0.15, 0.2) is 27.2 Å². The molecule has 1 aromatic carbocycles. The molecule has 0 atom stereocenters. The Bertz CT molecular complexity index is 995. The average molecular weight is 389 g/mol. The quantitative estimate of drug-likeness (QED) is 0.676. The van der Waals surface area contributed by atoms with Gasteiger partial charge in [0.05, 0.1) is 0 Å². The minimum Gasteiger partial charge on any atom is -0.342 e. The molecule has 0 aliphatic carbocycles. The van der Waals surface area contributed by atoms with Crippen molar-refractivity contribution in [3.8, 4) is 11.4 Å². The first-order valence-electron chi connectivity index (χ1n) is 8.85. The molecule has 0 unspecified atom stereocenters. The maximum Gasteiger partial charge on any atom is 0.236 e. The predicted molar refractivity (Wildman–Crippen MR) is 90.9 cm³/mol. The second kappa shape index (κ2) is 7.45. The fraction of sp³-hybridized carbons (Fsp3) is 0.389. The van der Waals surface area contributed by atoms with Crippen LogP contribution in [-0.2, 0) is 11.2 Å². The van der Waals surface area contributed by atoms with E-state index in [9.17, 15) is 13.6 Å². The van der Waals surface area contributed by atoms with Crippen LogP contribution in [0.1, 0.15) is 36.4 Å².